The SMILES string of the molecule is CCN(Cc1cc(O)c2c(c1N(C)C)C[C@H]1C[C@H]3[C@H](N(C)C)C(O)=C(C(N)=O)C(=O)[C@@]3(O)C(O)=C1C2=O)C[C@H]1CC2CC1C2(C)C. The number of nitrogens with two attached hydrogens (primary N) is 1. The Hall–Kier alpha value is -3.41. The van der Waals surface area contributed by atoms with Crippen LogP contribution >= 0.6 is 0 Å². The van der Waals surface area contributed by atoms with Gasteiger partial charge in [0.15, 0.2) is 11.4 Å². The molecule has 0 spiro atoms. The van der Waals surface area contributed by atoms with Crippen LogP contribution in [0.2, 0.25) is 0 Å². The number of allylic oxidation sites excluding steroid dienone is 1. The van der Waals surface area contributed by atoms with Crippen LogP contribution in [0.25, 0.3) is 0 Å². The number of aliphatic hydroxyl groups is 3. The molecule has 6 N–H and O–H groups in total. The van der Waals surface area contributed by atoms with E-state index in [2.05, 4.69) is 25.7 Å². The van der Waals surface area contributed by atoms with Crippen molar-refractivity contribution in [2.75, 3.05) is 46.2 Å². The van der Waals surface area contributed by atoms with Crippen LogP contribution in [0.15, 0.2) is 28.7 Å². The average molecular weight is 637 g/mol. The van der Waals surface area contributed by atoms with Crippen molar-refractivity contribution in [2.24, 2.45) is 40.7 Å². The Kier molecular flexibility index (Phi) is 7.65. The summed E-state index contributed by atoms with van der Waals surface area (Å²) in [5.41, 5.74) is 4.64. The van der Waals surface area contributed by atoms with Crippen molar-refractivity contribution in [1.29, 1.82) is 0 Å². The van der Waals surface area contributed by atoms with Gasteiger partial charge in [0.1, 0.15) is 22.8 Å². The van der Waals surface area contributed by atoms with Crippen molar-refractivity contribution in [2.45, 2.75) is 64.6 Å². The molecular weight excluding hydrogens is 588 g/mol. The predicted octanol–water partition coefficient (Wildman–Crippen LogP) is 2.69. The second kappa shape index (κ2) is 10.8. The number of ketones is 2. The molecule has 6 aliphatic carbocycles. The quantitative estimate of drug-likeness (QED) is 0.268. The first kappa shape index (κ1) is 32.5. The van der Waals surface area contributed by atoms with Gasteiger partial charge in [0, 0.05) is 44.4 Å². The van der Waals surface area contributed by atoms with Gasteiger partial charge in [-0.3, -0.25) is 24.2 Å². The maximum absolute atomic E-state index is 14.2. The number of hydrogen-bond acceptors (Lipinski definition) is 10. The number of Topliss-reactive ketones (excluding diaryl/α,β-unsaturated/α-hetero) is 2. The van der Waals surface area contributed by atoms with Crippen molar-refractivity contribution >= 4 is 23.2 Å². The van der Waals surface area contributed by atoms with Crippen molar-refractivity contribution in [1.82, 2.24) is 9.80 Å². The molecule has 1 aromatic carbocycles. The second-order valence-corrected chi connectivity index (χ2v) is 15.3. The molecule has 3 saturated carbocycles. The number of rotatable bonds is 8. The average Bonchev–Trinajstić information content (AvgIpc) is 3.50. The van der Waals surface area contributed by atoms with Gasteiger partial charge in [-0.15, -0.1) is 0 Å². The molecule has 0 aromatic heterocycles. The number of primary amides is 1. The lowest BCUT2D eigenvalue weighted by Gasteiger charge is -2.50. The summed E-state index contributed by atoms with van der Waals surface area (Å²) >= 11 is 0. The number of likely N-dealkylation sites (N-methyl/N-ethyl adjacent to an activating group) is 1. The van der Waals surface area contributed by atoms with Gasteiger partial charge in [0.25, 0.3) is 5.91 Å². The molecule has 46 heavy (non-hydrogen) atoms. The lowest BCUT2D eigenvalue weighted by atomic mass is 9.58. The van der Waals surface area contributed by atoms with Crippen LogP contribution in [0.1, 0.15) is 61.5 Å². The summed E-state index contributed by atoms with van der Waals surface area (Å²) in [6.07, 6.45) is 2.87. The molecule has 250 valence electrons. The van der Waals surface area contributed by atoms with Crippen LogP contribution in [-0.2, 0) is 22.6 Å². The number of phenolic OH excluding ortho intramolecular Hbond substituents is 1. The minimum absolute atomic E-state index is 0.0367. The molecule has 1 amide bonds. The van der Waals surface area contributed by atoms with Gasteiger partial charge < -0.3 is 31.1 Å². The van der Waals surface area contributed by atoms with Crippen molar-refractivity contribution in [3.05, 3.63) is 45.4 Å². The highest BCUT2D eigenvalue weighted by Gasteiger charge is 2.63. The maximum atomic E-state index is 14.2. The maximum Gasteiger partial charge on any atom is 0.255 e. The number of phenols is 1. The lowest BCUT2D eigenvalue weighted by molar-refractivity contribution is -0.148. The summed E-state index contributed by atoms with van der Waals surface area (Å²) in [6, 6.07) is 0.605. The van der Waals surface area contributed by atoms with E-state index in [4.69, 9.17) is 5.73 Å². The number of aliphatic hydroxyl groups excluding tert-OH is 2. The number of benzene rings is 1. The second-order valence-electron chi connectivity index (χ2n) is 15.3. The third-order valence-corrected chi connectivity index (χ3v) is 12.3. The fourth-order valence-electron chi connectivity index (χ4n) is 9.92. The number of fused-ring (bicyclic) bond motifs is 4. The molecule has 6 aliphatic rings. The Labute approximate surface area is 270 Å². The van der Waals surface area contributed by atoms with Gasteiger partial charge in [-0.05, 0) is 92.6 Å². The number of anilines is 1. The third kappa shape index (κ3) is 4.37. The normalized spacial score (nSPS) is 32.8. The Morgan fingerprint density at radius 3 is 2.24 bits per heavy atom. The van der Waals surface area contributed by atoms with Crippen LogP contribution in [0.5, 0.6) is 5.75 Å². The smallest absolute Gasteiger partial charge is 0.255 e. The highest BCUT2D eigenvalue weighted by atomic mass is 16.3. The molecule has 2 bridgehead atoms. The molecular formula is C35H48N4O7. The zero-order valence-electron chi connectivity index (χ0n) is 27.9. The van der Waals surface area contributed by atoms with Crippen LogP contribution in [0.4, 0.5) is 5.69 Å². The minimum atomic E-state index is -2.65. The third-order valence-electron chi connectivity index (χ3n) is 12.3. The highest BCUT2D eigenvalue weighted by Crippen LogP contribution is 2.64. The molecule has 11 heteroatoms. The Morgan fingerprint density at radius 1 is 1.04 bits per heavy atom. The Bertz CT molecular complexity index is 1590. The van der Waals surface area contributed by atoms with Gasteiger partial charge in [-0.2, -0.15) is 0 Å². The number of nitrogens with zero attached hydrogens (tertiary/aromatic N) is 3. The van der Waals surface area contributed by atoms with E-state index in [1.54, 1.807) is 25.1 Å². The number of amides is 1. The van der Waals surface area contributed by atoms with Gasteiger partial charge in [0.2, 0.25) is 5.78 Å². The van der Waals surface area contributed by atoms with Crippen LogP contribution in [0.3, 0.4) is 0 Å². The van der Waals surface area contributed by atoms with Gasteiger partial charge in [-0.1, -0.05) is 20.8 Å². The number of aromatic hydroxyl groups is 1. The fraction of sp³-hybridized carbons (Fsp3) is 0.629. The van der Waals surface area contributed by atoms with Crippen LogP contribution < -0.4 is 10.6 Å². The first-order chi connectivity index (χ1) is 21.5. The molecule has 0 heterocycles. The molecule has 7 atom stereocenters. The Morgan fingerprint density at radius 2 is 1.72 bits per heavy atom. The summed E-state index contributed by atoms with van der Waals surface area (Å²) in [4.78, 5) is 45.9. The van der Waals surface area contributed by atoms with E-state index in [9.17, 15) is 34.8 Å². The molecule has 0 saturated heterocycles. The minimum Gasteiger partial charge on any atom is -0.510 e. The first-order valence-corrected chi connectivity index (χ1v) is 16.4. The van der Waals surface area contributed by atoms with Crippen LogP contribution in [0, 0.1) is 35.0 Å². The standard InChI is InChI=1S/C35H48N4O7/c1-8-39(14-17-9-19-13-21(17)34(19,2)3)15-18-12-23(40)25-20(27(18)37(4)5)10-16-11-22-28(38(6)7)30(42)26(33(36)45)32(44)35(22,46)31(43)24(16)29(25)41/h12,16-17,19,21-22,28,40,42-43,46H,8-11,13-15H2,1-7H3,(H2,36,45)/t16-,17+,19?,21?,22-,28-,35-/m0/s1. The highest BCUT2D eigenvalue weighted by molar-refractivity contribution is 6.24. The van der Waals surface area contributed by atoms with Gasteiger partial charge in [0.05, 0.1) is 11.6 Å². The van der Waals surface area contributed by atoms with E-state index in [0.717, 1.165) is 36.2 Å². The summed E-state index contributed by atoms with van der Waals surface area (Å²) in [7, 11) is 7.06. The van der Waals surface area contributed by atoms with E-state index in [1.165, 1.54) is 12.8 Å². The first-order valence-electron chi connectivity index (χ1n) is 16.4. The zero-order chi connectivity index (χ0) is 33.8. The topological polar surface area (TPSA) is 168 Å². The van der Waals surface area contributed by atoms with E-state index in [1.807, 2.05) is 19.0 Å². The monoisotopic (exact) mass is 636 g/mol. The van der Waals surface area contributed by atoms with Gasteiger partial charge in [-0.25, -0.2) is 0 Å². The summed E-state index contributed by atoms with van der Waals surface area (Å²) in [5.74, 6) is -4.32. The summed E-state index contributed by atoms with van der Waals surface area (Å²) < 4.78 is 0. The van der Waals surface area contributed by atoms with E-state index in [0.29, 0.717) is 23.4 Å². The summed E-state index contributed by atoms with van der Waals surface area (Å²) in [6.45, 7) is 9.32. The zero-order valence-corrected chi connectivity index (χ0v) is 27.9. The van der Waals surface area contributed by atoms with Crippen molar-refractivity contribution in [3.63, 3.8) is 0 Å². The largest absolute Gasteiger partial charge is 0.510 e. The fourth-order valence-corrected chi connectivity index (χ4v) is 9.92. The van der Waals surface area contributed by atoms with Crippen molar-refractivity contribution < 1.29 is 34.8 Å². The molecule has 0 radical (unpaired) electrons. The van der Waals surface area contributed by atoms with Crippen LogP contribution in [-0.4, -0.2) is 101 Å². The number of carbonyl (C=O) groups is 3. The van der Waals surface area contributed by atoms with E-state index in [-0.39, 0.29) is 29.7 Å². The predicted molar refractivity (Wildman–Crippen MR) is 172 cm³/mol. The Balaban J connectivity index is 1.41. The number of carbonyl (C=O) groups excluding carboxylic acids is 3. The molecule has 1 aromatic rings. The van der Waals surface area contributed by atoms with E-state index >= 15 is 0 Å². The van der Waals surface area contributed by atoms with Gasteiger partial charge >= 0.3 is 0 Å². The molecule has 2 unspecified atom stereocenters. The number of hydrogen-bond donors (Lipinski definition) is 5. The van der Waals surface area contributed by atoms with Crippen molar-refractivity contribution in [3.8, 4) is 5.75 Å². The lowest BCUT2D eigenvalue weighted by Crippen LogP contribution is -2.63. The molecule has 3 fully saturated rings. The molecule has 11 nitrogen and oxygen atoms in total. The summed E-state index contributed by atoms with van der Waals surface area (Å²) in [5, 5.41) is 45.9. The molecule has 7 rings (SSSR count). The van der Waals surface area contributed by atoms with E-state index < -0.39 is 58.0 Å². The molecule has 0 aliphatic heterocycles.